The first-order valence-electron chi connectivity index (χ1n) is 5.23. The van der Waals surface area contributed by atoms with Crippen LogP contribution in [0.2, 0.25) is 0 Å². The molecule has 0 aromatic rings. The number of esters is 1. The first-order valence-corrected chi connectivity index (χ1v) is 5.23. The van der Waals surface area contributed by atoms with Crippen LogP contribution in [-0.4, -0.2) is 29.1 Å². The average molecular weight is 213 g/mol. The summed E-state index contributed by atoms with van der Waals surface area (Å²) in [6, 6.07) is 0. The molecule has 86 valence electrons. The van der Waals surface area contributed by atoms with Gasteiger partial charge in [0.1, 0.15) is 0 Å². The number of hydroxylamine groups is 1. The molecule has 0 aromatic heterocycles. The van der Waals surface area contributed by atoms with Crippen molar-refractivity contribution in [3.63, 3.8) is 0 Å². The lowest BCUT2D eigenvalue weighted by atomic mass is 9.97. The van der Waals surface area contributed by atoms with Crippen LogP contribution >= 0.6 is 0 Å². The van der Waals surface area contributed by atoms with Gasteiger partial charge < -0.3 is 9.94 Å². The van der Waals surface area contributed by atoms with Crippen molar-refractivity contribution in [2.24, 2.45) is 5.41 Å². The van der Waals surface area contributed by atoms with Crippen molar-refractivity contribution in [1.29, 1.82) is 0 Å². The molecule has 1 aliphatic heterocycles. The zero-order valence-electron chi connectivity index (χ0n) is 9.87. The topological polar surface area (TPSA) is 52.4 Å². The number of ether oxygens (including phenoxy) is 1. The lowest BCUT2D eigenvalue weighted by molar-refractivity contribution is -0.518. The van der Waals surface area contributed by atoms with Crippen molar-refractivity contribution in [3.8, 4) is 0 Å². The summed E-state index contributed by atoms with van der Waals surface area (Å²) in [5, 5.41) is 11.4. The number of nitrogens with zero attached hydrogens (tertiary/aromatic N) is 1. The largest absolute Gasteiger partial charge is 0.623 e. The van der Waals surface area contributed by atoms with Crippen LogP contribution in [0, 0.1) is 10.6 Å². The third kappa shape index (κ3) is 2.70. The van der Waals surface area contributed by atoms with Gasteiger partial charge in [-0.25, -0.2) is 4.79 Å². The maximum atomic E-state index is 11.7. The fourth-order valence-electron chi connectivity index (χ4n) is 1.40. The van der Waals surface area contributed by atoms with Crippen LogP contribution in [0.4, 0.5) is 0 Å². The second kappa shape index (κ2) is 3.83. The Balaban J connectivity index is 2.58. The van der Waals surface area contributed by atoms with E-state index in [0.29, 0.717) is 19.4 Å². The molecule has 1 rings (SSSR count). The Morgan fingerprint density at radius 3 is 2.60 bits per heavy atom. The highest BCUT2D eigenvalue weighted by molar-refractivity contribution is 5.81. The van der Waals surface area contributed by atoms with E-state index in [9.17, 15) is 10.0 Å². The van der Waals surface area contributed by atoms with Crippen molar-refractivity contribution in [2.45, 2.75) is 46.1 Å². The molecule has 15 heavy (non-hydrogen) atoms. The summed E-state index contributed by atoms with van der Waals surface area (Å²) in [7, 11) is 0. The zero-order valence-corrected chi connectivity index (χ0v) is 9.87. The van der Waals surface area contributed by atoms with Gasteiger partial charge in [-0.2, -0.15) is 4.74 Å². The minimum atomic E-state index is -1.01. The fourth-order valence-corrected chi connectivity index (χ4v) is 1.40. The van der Waals surface area contributed by atoms with Gasteiger partial charge in [-0.15, -0.1) is 0 Å². The minimum absolute atomic E-state index is 0.0674. The fraction of sp³-hybridized carbons (Fsp3) is 0.818. The normalized spacial score (nSPS) is 26.3. The second-order valence-electron chi connectivity index (χ2n) is 5.46. The molecule has 4 nitrogen and oxygen atoms in total. The Hall–Kier alpha value is -1.06. The zero-order chi connectivity index (χ0) is 11.7. The van der Waals surface area contributed by atoms with E-state index >= 15 is 0 Å². The van der Waals surface area contributed by atoms with Crippen molar-refractivity contribution < 1.29 is 14.3 Å². The van der Waals surface area contributed by atoms with Gasteiger partial charge in [0.2, 0.25) is 0 Å². The Bertz CT molecular complexity index is 291. The van der Waals surface area contributed by atoms with Gasteiger partial charge in [0.25, 0.3) is 5.54 Å². The molecule has 0 N–H and O–H groups in total. The first-order chi connectivity index (χ1) is 6.76. The van der Waals surface area contributed by atoms with E-state index in [1.54, 1.807) is 6.92 Å². The summed E-state index contributed by atoms with van der Waals surface area (Å²) >= 11 is 0. The number of carbonyl (C=O) groups is 1. The first kappa shape index (κ1) is 12.0. The van der Waals surface area contributed by atoms with Crippen molar-refractivity contribution in [3.05, 3.63) is 5.21 Å². The molecule has 0 radical (unpaired) electrons. The Morgan fingerprint density at radius 1 is 1.60 bits per heavy atom. The summed E-state index contributed by atoms with van der Waals surface area (Å²) in [4.78, 5) is 11.7. The molecular formula is C11H19NO3. The Morgan fingerprint density at radius 2 is 2.20 bits per heavy atom. The van der Waals surface area contributed by atoms with Crippen LogP contribution in [0.25, 0.3) is 0 Å². The molecule has 0 fully saturated rings. The molecule has 1 heterocycles. The smallest absolute Gasteiger partial charge is 0.379 e. The van der Waals surface area contributed by atoms with E-state index in [4.69, 9.17) is 4.74 Å². The van der Waals surface area contributed by atoms with E-state index in [-0.39, 0.29) is 5.41 Å². The molecule has 0 spiro atoms. The molecule has 0 bridgehead atoms. The van der Waals surface area contributed by atoms with Crippen LogP contribution < -0.4 is 0 Å². The van der Waals surface area contributed by atoms with Crippen LogP contribution in [0.1, 0.15) is 40.5 Å². The molecule has 1 aliphatic rings. The maximum Gasteiger partial charge on any atom is 0.379 e. The highest BCUT2D eigenvalue weighted by Gasteiger charge is 2.46. The summed E-state index contributed by atoms with van der Waals surface area (Å²) in [6.07, 6.45) is 2.68. The molecule has 0 saturated carbocycles. The number of rotatable bonds is 2. The van der Waals surface area contributed by atoms with Crippen LogP contribution in [0.15, 0.2) is 0 Å². The summed E-state index contributed by atoms with van der Waals surface area (Å²) in [5.41, 5.74) is -1.08. The highest BCUT2D eigenvalue weighted by Crippen LogP contribution is 2.24. The van der Waals surface area contributed by atoms with Crippen LogP contribution in [0.3, 0.4) is 0 Å². The van der Waals surface area contributed by atoms with Crippen LogP contribution in [0.5, 0.6) is 0 Å². The number of carbonyl (C=O) groups excluding carboxylic acids is 1. The maximum absolute atomic E-state index is 11.7. The van der Waals surface area contributed by atoms with Gasteiger partial charge in [-0.3, -0.25) is 0 Å². The van der Waals surface area contributed by atoms with E-state index in [0.717, 1.165) is 4.74 Å². The van der Waals surface area contributed by atoms with Crippen molar-refractivity contribution in [1.82, 2.24) is 0 Å². The molecule has 0 saturated heterocycles. The summed E-state index contributed by atoms with van der Waals surface area (Å²) in [5.74, 6) is -0.416. The van der Waals surface area contributed by atoms with Gasteiger partial charge >= 0.3 is 5.97 Å². The quantitative estimate of drug-likeness (QED) is 0.398. The minimum Gasteiger partial charge on any atom is -0.623 e. The Kier molecular flexibility index (Phi) is 3.07. The van der Waals surface area contributed by atoms with Gasteiger partial charge in [0.05, 0.1) is 6.61 Å². The molecule has 0 aliphatic carbocycles. The third-order valence-corrected chi connectivity index (χ3v) is 2.49. The van der Waals surface area contributed by atoms with Crippen LogP contribution in [-0.2, 0) is 9.53 Å². The second-order valence-corrected chi connectivity index (χ2v) is 5.46. The standard InChI is InChI=1S/C11H19NO3/c1-10(2,3)8-15-9(13)11(4)6-5-7-12(11)14/h7H,5-6,8H2,1-4H3/t11-/m1/s1. The summed E-state index contributed by atoms with van der Waals surface area (Å²) in [6.45, 7) is 7.93. The lowest BCUT2D eigenvalue weighted by Gasteiger charge is -2.24. The predicted octanol–water partition coefficient (Wildman–Crippen LogP) is 1.71. The van der Waals surface area contributed by atoms with E-state index in [1.165, 1.54) is 6.21 Å². The predicted molar refractivity (Wildman–Crippen MR) is 57.7 cm³/mol. The van der Waals surface area contributed by atoms with Gasteiger partial charge in [-0.05, 0) is 5.41 Å². The Labute approximate surface area is 90.5 Å². The molecule has 0 amide bonds. The molecule has 0 unspecified atom stereocenters. The monoisotopic (exact) mass is 213 g/mol. The van der Waals surface area contributed by atoms with E-state index < -0.39 is 11.5 Å². The number of hydrogen-bond donors (Lipinski definition) is 0. The third-order valence-electron chi connectivity index (χ3n) is 2.49. The highest BCUT2D eigenvalue weighted by atomic mass is 16.5. The lowest BCUT2D eigenvalue weighted by Crippen LogP contribution is -2.43. The van der Waals surface area contributed by atoms with Crippen molar-refractivity contribution in [2.75, 3.05) is 6.61 Å². The van der Waals surface area contributed by atoms with E-state index in [2.05, 4.69) is 0 Å². The average Bonchev–Trinajstić information content (AvgIpc) is 2.43. The van der Waals surface area contributed by atoms with Gasteiger partial charge in [-0.1, -0.05) is 20.8 Å². The van der Waals surface area contributed by atoms with Gasteiger partial charge in [0, 0.05) is 19.8 Å². The molecule has 4 heteroatoms. The van der Waals surface area contributed by atoms with Gasteiger partial charge in [0.15, 0.2) is 6.21 Å². The van der Waals surface area contributed by atoms with E-state index in [1.807, 2.05) is 20.8 Å². The molecular weight excluding hydrogens is 194 g/mol. The summed E-state index contributed by atoms with van der Waals surface area (Å²) < 4.78 is 5.88. The molecule has 1 atom stereocenters. The van der Waals surface area contributed by atoms with Crippen molar-refractivity contribution >= 4 is 12.2 Å². The SMILES string of the molecule is CC(C)(C)COC(=O)[C@@]1(C)CCC=[N+]1[O-]. The number of hydrogen-bond acceptors (Lipinski definition) is 3. The molecule has 0 aromatic carbocycles.